The van der Waals surface area contributed by atoms with E-state index in [1.54, 1.807) is 49.1 Å². The first-order valence-electron chi connectivity index (χ1n) is 7.02. The van der Waals surface area contributed by atoms with Crippen molar-refractivity contribution in [2.45, 2.75) is 26.0 Å². The smallest absolute Gasteiger partial charge is 0.271 e. The number of ether oxygens (including phenoxy) is 1. The van der Waals surface area contributed by atoms with Crippen molar-refractivity contribution in [2.75, 3.05) is 4.90 Å². The minimum absolute atomic E-state index is 0.154. The lowest BCUT2D eigenvalue weighted by Crippen LogP contribution is -2.52. The fourth-order valence-electron chi connectivity index (χ4n) is 2.52. The Morgan fingerprint density at radius 1 is 1.04 bits per heavy atom. The third-order valence-corrected chi connectivity index (χ3v) is 4.50. The van der Waals surface area contributed by atoms with E-state index >= 15 is 0 Å². The second-order valence-electron chi connectivity index (χ2n) is 5.85. The summed E-state index contributed by atoms with van der Waals surface area (Å²) in [6.07, 6.45) is 0. The SMILES string of the molecule is CC1(C)Oc2ccc(Cl)cc2N(Cc2ccc(Cl)cc2Cl)C1=O. The van der Waals surface area contributed by atoms with E-state index < -0.39 is 5.60 Å². The summed E-state index contributed by atoms with van der Waals surface area (Å²) in [6, 6.07) is 10.4. The molecule has 0 saturated heterocycles. The summed E-state index contributed by atoms with van der Waals surface area (Å²) in [5, 5.41) is 1.60. The van der Waals surface area contributed by atoms with Gasteiger partial charge in [0.15, 0.2) is 5.60 Å². The molecule has 0 atom stereocenters. The molecule has 120 valence electrons. The standard InChI is InChI=1S/C17H14Cl3NO2/c1-17(2)16(22)21(9-10-3-4-11(18)7-13(10)20)14-8-12(19)5-6-15(14)23-17/h3-8H,9H2,1-2H3. The number of rotatable bonds is 2. The van der Waals surface area contributed by atoms with Gasteiger partial charge in [0.1, 0.15) is 5.75 Å². The largest absolute Gasteiger partial charge is 0.476 e. The molecule has 6 heteroatoms. The molecule has 23 heavy (non-hydrogen) atoms. The Kier molecular flexibility index (Phi) is 4.21. The highest BCUT2D eigenvalue weighted by atomic mass is 35.5. The Labute approximate surface area is 149 Å². The quantitative estimate of drug-likeness (QED) is 0.713. The van der Waals surface area contributed by atoms with Crippen LogP contribution in [0.5, 0.6) is 5.75 Å². The van der Waals surface area contributed by atoms with Gasteiger partial charge in [0.2, 0.25) is 0 Å². The monoisotopic (exact) mass is 369 g/mol. The van der Waals surface area contributed by atoms with Gasteiger partial charge in [0.25, 0.3) is 5.91 Å². The molecular formula is C17H14Cl3NO2. The molecule has 0 unspecified atom stereocenters. The molecule has 0 bridgehead atoms. The fourth-order valence-corrected chi connectivity index (χ4v) is 3.15. The first kappa shape index (κ1) is 16.4. The van der Waals surface area contributed by atoms with Gasteiger partial charge in [-0.15, -0.1) is 0 Å². The molecule has 1 amide bonds. The predicted molar refractivity (Wildman–Crippen MR) is 93.8 cm³/mol. The van der Waals surface area contributed by atoms with Crippen LogP contribution in [-0.4, -0.2) is 11.5 Å². The molecule has 1 aliphatic heterocycles. The van der Waals surface area contributed by atoms with E-state index in [1.165, 1.54) is 0 Å². The number of nitrogens with zero attached hydrogens (tertiary/aromatic N) is 1. The van der Waals surface area contributed by atoms with Crippen molar-refractivity contribution in [2.24, 2.45) is 0 Å². The second kappa shape index (κ2) is 5.90. The second-order valence-corrected chi connectivity index (χ2v) is 7.13. The summed E-state index contributed by atoms with van der Waals surface area (Å²) >= 11 is 18.3. The summed E-state index contributed by atoms with van der Waals surface area (Å²) in [4.78, 5) is 14.4. The molecule has 0 spiro atoms. The normalized spacial score (nSPS) is 16.0. The summed E-state index contributed by atoms with van der Waals surface area (Å²) in [6.45, 7) is 3.79. The van der Waals surface area contributed by atoms with Crippen LogP contribution in [0.15, 0.2) is 36.4 Å². The van der Waals surface area contributed by atoms with Crippen LogP contribution in [0.25, 0.3) is 0 Å². The van der Waals surface area contributed by atoms with E-state index in [9.17, 15) is 4.79 Å². The molecule has 0 N–H and O–H groups in total. The van der Waals surface area contributed by atoms with Crippen molar-refractivity contribution in [1.29, 1.82) is 0 Å². The number of hydrogen-bond donors (Lipinski definition) is 0. The Morgan fingerprint density at radius 2 is 1.70 bits per heavy atom. The van der Waals surface area contributed by atoms with Crippen LogP contribution >= 0.6 is 34.8 Å². The van der Waals surface area contributed by atoms with Crippen LogP contribution in [0.1, 0.15) is 19.4 Å². The van der Waals surface area contributed by atoms with Gasteiger partial charge in [-0.1, -0.05) is 40.9 Å². The maximum absolute atomic E-state index is 12.8. The van der Waals surface area contributed by atoms with Crippen molar-refractivity contribution < 1.29 is 9.53 Å². The summed E-state index contributed by atoms with van der Waals surface area (Å²) in [5.74, 6) is 0.461. The number of carbonyl (C=O) groups excluding carboxylic acids is 1. The van der Waals surface area contributed by atoms with Gasteiger partial charge in [-0.05, 0) is 49.7 Å². The van der Waals surface area contributed by atoms with Crippen LogP contribution in [0, 0.1) is 0 Å². The van der Waals surface area contributed by atoms with Crippen LogP contribution in [-0.2, 0) is 11.3 Å². The number of halogens is 3. The molecule has 3 rings (SSSR count). The van der Waals surface area contributed by atoms with Gasteiger partial charge in [-0.2, -0.15) is 0 Å². The highest BCUT2D eigenvalue weighted by Crippen LogP contribution is 2.40. The highest BCUT2D eigenvalue weighted by Gasteiger charge is 2.41. The Hall–Kier alpha value is -1.42. The first-order chi connectivity index (χ1) is 10.8. The number of fused-ring (bicyclic) bond motifs is 1. The predicted octanol–water partition coefficient (Wildman–Crippen LogP) is 5.35. The average molecular weight is 371 g/mol. The van der Waals surface area contributed by atoms with Crippen molar-refractivity contribution >= 4 is 46.4 Å². The number of carbonyl (C=O) groups is 1. The van der Waals surface area contributed by atoms with E-state index in [4.69, 9.17) is 39.5 Å². The molecule has 0 radical (unpaired) electrons. The number of hydrogen-bond acceptors (Lipinski definition) is 2. The van der Waals surface area contributed by atoms with Gasteiger partial charge in [0, 0.05) is 15.1 Å². The lowest BCUT2D eigenvalue weighted by molar-refractivity contribution is -0.132. The van der Waals surface area contributed by atoms with E-state index in [0.29, 0.717) is 33.0 Å². The lowest BCUT2D eigenvalue weighted by atomic mass is 10.0. The summed E-state index contributed by atoms with van der Waals surface area (Å²) in [7, 11) is 0. The lowest BCUT2D eigenvalue weighted by Gasteiger charge is -2.39. The number of benzene rings is 2. The molecule has 0 aliphatic carbocycles. The van der Waals surface area contributed by atoms with Crippen molar-refractivity contribution in [3.8, 4) is 5.75 Å². The molecule has 1 heterocycles. The van der Waals surface area contributed by atoms with Gasteiger partial charge in [-0.3, -0.25) is 4.79 Å². The Balaban J connectivity index is 2.06. The third-order valence-electron chi connectivity index (χ3n) is 3.68. The molecule has 0 saturated carbocycles. The number of amides is 1. The summed E-state index contributed by atoms with van der Waals surface area (Å²) in [5.41, 5.74) is 0.473. The van der Waals surface area contributed by atoms with Gasteiger partial charge in [-0.25, -0.2) is 0 Å². The minimum Gasteiger partial charge on any atom is -0.476 e. The van der Waals surface area contributed by atoms with Crippen LogP contribution in [0.3, 0.4) is 0 Å². The molecule has 2 aromatic rings. The van der Waals surface area contributed by atoms with E-state index in [1.807, 2.05) is 6.07 Å². The first-order valence-corrected chi connectivity index (χ1v) is 8.16. The van der Waals surface area contributed by atoms with Crippen molar-refractivity contribution in [3.05, 3.63) is 57.0 Å². The Morgan fingerprint density at radius 3 is 2.39 bits per heavy atom. The van der Waals surface area contributed by atoms with Gasteiger partial charge in [0.05, 0.1) is 12.2 Å². The maximum atomic E-state index is 12.8. The molecule has 0 aromatic heterocycles. The molecule has 2 aromatic carbocycles. The molecule has 3 nitrogen and oxygen atoms in total. The maximum Gasteiger partial charge on any atom is 0.271 e. The van der Waals surface area contributed by atoms with E-state index in [-0.39, 0.29) is 5.91 Å². The van der Waals surface area contributed by atoms with Crippen molar-refractivity contribution in [1.82, 2.24) is 0 Å². The summed E-state index contributed by atoms with van der Waals surface area (Å²) < 4.78 is 5.80. The van der Waals surface area contributed by atoms with E-state index in [2.05, 4.69) is 0 Å². The third kappa shape index (κ3) is 3.14. The zero-order valence-electron chi connectivity index (χ0n) is 12.6. The average Bonchev–Trinajstić information content (AvgIpc) is 2.47. The van der Waals surface area contributed by atoms with E-state index in [0.717, 1.165) is 5.56 Å². The number of anilines is 1. The highest BCUT2D eigenvalue weighted by molar-refractivity contribution is 6.35. The van der Waals surface area contributed by atoms with Gasteiger partial charge < -0.3 is 9.64 Å². The molecular weight excluding hydrogens is 357 g/mol. The van der Waals surface area contributed by atoms with Crippen LogP contribution in [0.2, 0.25) is 15.1 Å². The van der Waals surface area contributed by atoms with Crippen molar-refractivity contribution in [3.63, 3.8) is 0 Å². The molecule has 1 aliphatic rings. The fraction of sp³-hybridized carbons (Fsp3) is 0.235. The van der Waals surface area contributed by atoms with Crippen LogP contribution < -0.4 is 9.64 Å². The topological polar surface area (TPSA) is 29.5 Å². The minimum atomic E-state index is -0.959. The molecule has 0 fully saturated rings. The zero-order chi connectivity index (χ0) is 16.8. The zero-order valence-corrected chi connectivity index (χ0v) is 14.8. The van der Waals surface area contributed by atoms with Crippen LogP contribution in [0.4, 0.5) is 5.69 Å². The Bertz CT molecular complexity index is 789. The van der Waals surface area contributed by atoms with Gasteiger partial charge >= 0.3 is 0 Å².